The molecule has 1 N–H and O–H groups in total. The van der Waals surface area contributed by atoms with Crippen LogP contribution in [-0.2, 0) is 27.2 Å². The number of thiophene rings is 1. The number of carbonyl (C=O) groups excluding carboxylic acids is 2. The summed E-state index contributed by atoms with van der Waals surface area (Å²) in [6.45, 7) is -0.266. The molecule has 0 spiro atoms. The molecule has 3 aromatic rings. The van der Waals surface area contributed by atoms with Crippen molar-refractivity contribution >= 4 is 28.9 Å². The Kier molecular flexibility index (Phi) is 7.38. The first-order valence-corrected chi connectivity index (χ1v) is 10.2. The fourth-order valence-electron chi connectivity index (χ4n) is 2.88. The average Bonchev–Trinajstić information content (AvgIpc) is 3.22. The number of aryl methyl sites for hydroxylation is 1. The van der Waals surface area contributed by atoms with Crippen LogP contribution in [0.4, 0.5) is 5.69 Å². The molecule has 1 amide bonds. The summed E-state index contributed by atoms with van der Waals surface area (Å²) >= 11 is 1.68. The van der Waals surface area contributed by atoms with Gasteiger partial charge in [0.05, 0.1) is 0 Å². The lowest BCUT2D eigenvalue weighted by Crippen LogP contribution is -2.21. The Morgan fingerprint density at radius 2 is 1.71 bits per heavy atom. The Labute approximate surface area is 169 Å². The minimum Gasteiger partial charge on any atom is -0.456 e. The first-order chi connectivity index (χ1) is 13.7. The second kappa shape index (κ2) is 10.4. The molecule has 1 heterocycles. The van der Waals surface area contributed by atoms with Crippen LogP contribution in [0.5, 0.6) is 0 Å². The molecule has 0 unspecified atom stereocenters. The van der Waals surface area contributed by atoms with Gasteiger partial charge in [-0.15, -0.1) is 11.3 Å². The van der Waals surface area contributed by atoms with E-state index in [1.54, 1.807) is 11.3 Å². The van der Waals surface area contributed by atoms with Gasteiger partial charge in [0.15, 0.2) is 6.61 Å². The number of carbonyl (C=O) groups is 2. The monoisotopic (exact) mass is 393 g/mol. The van der Waals surface area contributed by atoms with Crippen LogP contribution in [-0.4, -0.2) is 18.5 Å². The first kappa shape index (κ1) is 19.8. The quantitative estimate of drug-likeness (QED) is 0.529. The highest BCUT2D eigenvalue weighted by molar-refractivity contribution is 7.09. The van der Waals surface area contributed by atoms with Gasteiger partial charge in [0, 0.05) is 17.0 Å². The van der Waals surface area contributed by atoms with Crippen molar-refractivity contribution < 1.29 is 14.3 Å². The lowest BCUT2D eigenvalue weighted by atomic mass is 10.0. The maximum atomic E-state index is 12.2. The molecule has 0 aliphatic carbocycles. The van der Waals surface area contributed by atoms with Crippen molar-refractivity contribution in [2.24, 2.45) is 0 Å². The molecule has 5 heteroatoms. The van der Waals surface area contributed by atoms with Crippen molar-refractivity contribution in [3.63, 3.8) is 0 Å². The summed E-state index contributed by atoms with van der Waals surface area (Å²) < 4.78 is 5.11. The molecule has 0 radical (unpaired) electrons. The number of hydrogen-bond donors (Lipinski definition) is 1. The molecule has 0 bridgehead atoms. The van der Waals surface area contributed by atoms with Crippen LogP contribution in [0, 0.1) is 0 Å². The van der Waals surface area contributed by atoms with Gasteiger partial charge in [0.1, 0.15) is 0 Å². The number of esters is 1. The van der Waals surface area contributed by atoms with Crippen molar-refractivity contribution in [3.8, 4) is 0 Å². The summed E-state index contributed by atoms with van der Waals surface area (Å²) in [5, 5.41) is 4.87. The number of benzene rings is 2. The van der Waals surface area contributed by atoms with E-state index in [4.69, 9.17) is 4.74 Å². The van der Waals surface area contributed by atoms with Crippen LogP contribution in [0.2, 0.25) is 0 Å². The largest absolute Gasteiger partial charge is 0.456 e. The number of para-hydroxylation sites is 1. The number of hydrogen-bond acceptors (Lipinski definition) is 4. The van der Waals surface area contributed by atoms with Gasteiger partial charge in [-0.05, 0) is 47.9 Å². The Morgan fingerprint density at radius 3 is 2.50 bits per heavy atom. The van der Waals surface area contributed by atoms with Crippen molar-refractivity contribution in [1.29, 1.82) is 0 Å². The summed E-state index contributed by atoms with van der Waals surface area (Å²) in [6.07, 6.45) is 2.61. The third-order valence-electron chi connectivity index (χ3n) is 4.28. The number of nitrogens with one attached hydrogen (secondary N) is 1. The summed E-state index contributed by atoms with van der Waals surface area (Å²) in [7, 11) is 0. The maximum absolute atomic E-state index is 12.2. The molecule has 0 saturated carbocycles. The highest BCUT2D eigenvalue weighted by atomic mass is 32.1. The Morgan fingerprint density at radius 1 is 0.929 bits per heavy atom. The highest BCUT2D eigenvalue weighted by Gasteiger charge is 2.10. The van der Waals surface area contributed by atoms with Crippen molar-refractivity contribution in [3.05, 3.63) is 88.1 Å². The van der Waals surface area contributed by atoms with Gasteiger partial charge in [-0.1, -0.05) is 54.6 Å². The minimum atomic E-state index is -0.343. The molecule has 0 fully saturated rings. The summed E-state index contributed by atoms with van der Waals surface area (Å²) in [5.41, 5.74) is 2.93. The molecule has 0 atom stereocenters. The van der Waals surface area contributed by atoms with E-state index < -0.39 is 0 Å². The SMILES string of the molecule is O=C(COC(=O)CCCc1cccs1)Nc1ccccc1Cc1ccccc1. The van der Waals surface area contributed by atoms with E-state index >= 15 is 0 Å². The fourth-order valence-corrected chi connectivity index (χ4v) is 3.63. The topological polar surface area (TPSA) is 55.4 Å². The Balaban J connectivity index is 1.45. The van der Waals surface area contributed by atoms with Crippen molar-refractivity contribution in [2.45, 2.75) is 25.7 Å². The van der Waals surface area contributed by atoms with E-state index in [0.717, 1.165) is 30.5 Å². The van der Waals surface area contributed by atoms with Gasteiger partial charge in [-0.3, -0.25) is 9.59 Å². The smallest absolute Gasteiger partial charge is 0.306 e. The van der Waals surface area contributed by atoms with Gasteiger partial charge in [-0.2, -0.15) is 0 Å². The molecule has 0 saturated heterocycles. The van der Waals surface area contributed by atoms with E-state index in [1.165, 1.54) is 10.4 Å². The molecule has 144 valence electrons. The highest BCUT2D eigenvalue weighted by Crippen LogP contribution is 2.19. The third-order valence-corrected chi connectivity index (χ3v) is 5.21. The van der Waals surface area contributed by atoms with Gasteiger partial charge >= 0.3 is 5.97 Å². The number of anilines is 1. The molecular weight excluding hydrogens is 370 g/mol. The summed E-state index contributed by atoms with van der Waals surface area (Å²) in [6, 6.07) is 21.8. The summed E-state index contributed by atoms with van der Waals surface area (Å²) in [5.74, 6) is -0.670. The zero-order valence-corrected chi connectivity index (χ0v) is 16.4. The first-order valence-electron chi connectivity index (χ1n) is 9.30. The Hall–Kier alpha value is -2.92. The molecule has 0 aliphatic rings. The second-order valence-electron chi connectivity index (χ2n) is 6.46. The van der Waals surface area contributed by atoms with E-state index in [2.05, 4.69) is 23.5 Å². The summed E-state index contributed by atoms with van der Waals surface area (Å²) in [4.78, 5) is 25.3. The van der Waals surface area contributed by atoms with E-state index in [0.29, 0.717) is 6.42 Å². The van der Waals surface area contributed by atoms with Crippen LogP contribution >= 0.6 is 11.3 Å². The zero-order valence-electron chi connectivity index (χ0n) is 15.6. The molecule has 28 heavy (non-hydrogen) atoms. The van der Waals surface area contributed by atoms with E-state index in [-0.39, 0.29) is 18.5 Å². The lowest BCUT2D eigenvalue weighted by Gasteiger charge is -2.11. The van der Waals surface area contributed by atoms with Crippen molar-refractivity contribution in [2.75, 3.05) is 11.9 Å². The van der Waals surface area contributed by atoms with E-state index in [1.807, 2.05) is 53.9 Å². The van der Waals surface area contributed by atoms with Crippen LogP contribution in [0.1, 0.15) is 28.8 Å². The van der Waals surface area contributed by atoms with Crippen LogP contribution in [0.25, 0.3) is 0 Å². The zero-order chi connectivity index (χ0) is 19.6. The fraction of sp³-hybridized carbons (Fsp3) is 0.217. The van der Waals surface area contributed by atoms with Crippen LogP contribution in [0.15, 0.2) is 72.1 Å². The van der Waals surface area contributed by atoms with Crippen LogP contribution in [0.3, 0.4) is 0 Å². The molecule has 4 nitrogen and oxygen atoms in total. The van der Waals surface area contributed by atoms with E-state index in [9.17, 15) is 9.59 Å². The third kappa shape index (κ3) is 6.35. The van der Waals surface area contributed by atoms with Crippen molar-refractivity contribution in [1.82, 2.24) is 0 Å². The standard InChI is InChI=1S/C23H23NO3S/c25-22(17-27-23(26)14-6-11-20-12-7-15-28-20)24-21-13-5-4-10-19(21)16-18-8-2-1-3-9-18/h1-5,7-10,12-13,15H,6,11,14,16-17H2,(H,24,25). The Bertz CT molecular complexity index is 891. The molecular formula is C23H23NO3S. The van der Waals surface area contributed by atoms with Gasteiger partial charge in [0.2, 0.25) is 0 Å². The second-order valence-corrected chi connectivity index (χ2v) is 7.49. The van der Waals surface area contributed by atoms with Crippen LogP contribution < -0.4 is 5.32 Å². The number of amides is 1. The average molecular weight is 394 g/mol. The minimum absolute atomic E-state index is 0.266. The van der Waals surface area contributed by atoms with Gasteiger partial charge in [-0.25, -0.2) is 0 Å². The lowest BCUT2D eigenvalue weighted by molar-refractivity contribution is -0.147. The number of ether oxygens (including phenoxy) is 1. The normalized spacial score (nSPS) is 10.4. The molecule has 2 aromatic carbocycles. The predicted molar refractivity (Wildman–Crippen MR) is 113 cm³/mol. The number of rotatable bonds is 9. The molecule has 0 aliphatic heterocycles. The molecule has 1 aromatic heterocycles. The maximum Gasteiger partial charge on any atom is 0.306 e. The van der Waals surface area contributed by atoms with Gasteiger partial charge < -0.3 is 10.1 Å². The predicted octanol–water partition coefficient (Wildman–Crippen LogP) is 4.84. The van der Waals surface area contributed by atoms with Gasteiger partial charge in [0.25, 0.3) is 5.91 Å². The molecule has 3 rings (SSSR count).